The smallest absolute Gasteiger partial charge is 0.0628 e. The van der Waals surface area contributed by atoms with E-state index in [1.807, 2.05) is 11.7 Å². The van der Waals surface area contributed by atoms with Crippen LogP contribution in [0, 0.1) is 13.8 Å². The van der Waals surface area contributed by atoms with Gasteiger partial charge in [-0.1, -0.05) is 26.2 Å². The zero-order chi connectivity index (χ0) is 10.6. The number of unbranched alkanes of at least 4 members (excludes halogenated alkanes) is 3. The minimum absolute atomic E-state index is 1.20. The summed E-state index contributed by atoms with van der Waals surface area (Å²) in [4.78, 5) is 0. The highest BCUT2D eigenvalue weighted by Crippen LogP contribution is 2.15. The summed E-state index contributed by atoms with van der Waals surface area (Å²) in [5.41, 5.74) is 4.00. The second-order valence-corrected chi connectivity index (χ2v) is 4.08. The number of hydrogen-bond acceptors (Lipinski definition) is 1. The maximum atomic E-state index is 4.43. The Bertz CT molecular complexity index is 287. The van der Waals surface area contributed by atoms with E-state index in [0.29, 0.717) is 0 Å². The van der Waals surface area contributed by atoms with Gasteiger partial charge < -0.3 is 0 Å². The molecule has 80 valence electrons. The maximum absolute atomic E-state index is 4.43. The summed E-state index contributed by atoms with van der Waals surface area (Å²) in [6, 6.07) is 0. The predicted octanol–water partition coefficient (Wildman–Crippen LogP) is 3.16. The van der Waals surface area contributed by atoms with Crippen molar-refractivity contribution in [3.8, 4) is 0 Å². The van der Waals surface area contributed by atoms with E-state index in [9.17, 15) is 0 Å². The first-order valence-electron chi connectivity index (χ1n) is 5.66. The molecule has 0 aromatic carbocycles. The van der Waals surface area contributed by atoms with Crippen molar-refractivity contribution < 1.29 is 0 Å². The van der Waals surface area contributed by atoms with E-state index in [4.69, 9.17) is 0 Å². The van der Waals surface area contributed by atoms with E-state index in [-0.39, 0.29) is 0 Å². The van der Waals surface area contributed by atoms with Gasteiger partial charge in [0.05, 0.1) is 5.69 Å². The van der Waals surface area contributed by atoms with Crippen LogP contribution in [0.2, 0.25) is 0 Å². The van der Waals surface area contributed by atoms with Crippen LogP contribution in [0.3, 0.4) is 0 Å². The molecule has 1 rings (SSSR count). The molecule has 0 amide bonds. The van der Waals surface area contributed by atoms with Gasteiger partial charge in [-0.3, -0.25) is 4.68 Å². The highest BCUT2D eigenvalue weighted by molar-refractivity contribution is 5.24. The van der Waals surface area contributed by atoms with Gasteiger partial charge in [-0.05, 0) is 32.3 Å². The lowest BCUT2D eigenvalue weighted by Crippen LogP contribution is -1.94. The van der Waals surface area contributed by atoms with Gasteiger partial charge in [0.15, 0.2) is 0 Å². The summed E-state index contributed by atoms with van der Waals surface area (Å²) in [6.45, 7) is 6.53. The molecule has 0 radical (unpaired) electrons. The molecule has 0 atom stereocenters. The molecule has 0 fully saturated rings. The van der Waals surface area contributed by atoms with Crippen LogP contribution in [0.25, 0.3) is 0 Å². The molecule has 2 nitrogen and oxygen atoms in total. The van der Waals surface area contributed by atoms with Crippen molar-refractivity contribution in [1.29, 1.82) is 0 Å². The van der Waals surface area contributed by atoms with Crippen LogP contribution in [0.5, 0.6) is 0 Å². The van der Waals surface area contributed by atoms with Crippen molar-refractivity contribution in [3.63, 3.8) is 0 Å². The van der Waals surface area contributed by atoms with E-state index in [2.05, 4.69) is 25.9 Å². The van der Waals surface area contributed by atoms with Crippen molar-refractivity contribution in [2.45, 2.75) is 52.9 Å². The van der Waals surface area contributed by atoms with Gasteiger partial charge in [-0.25, -0.2) is 0 Å². The third-order valence-corrected chi connectivity index (χ3v) is 2.94. The Morgan fingerprint density at radius 1 is 1.14 bits per heavy atom. The lowest BCUT2D eigenvalue weighted by Gasteiger charge is -2.01. The number of rotatable bonds is 5. The Morgan fingerprint density at radius 2 is 1.86 bits per heavy atom. The second kappa shape index (κ2) is 5.18. The average Bonchev–Trinajstić information content (AvgIpc) is 2.38. The van der Waals surface area contributed by atoms with Crippen LogP contribution in [0.4, 0.5) is 0 Å². The zero-order valence-corrected chi connectivity index (χ0v) is 9.93. The molecular weight excluding hydrogens is 172 g/mol. The van der Waals surface area contributed by atoms with Gasteiger partial charge in [0, 0.05) is 12.7 Å². The van der Waals surface area contributed by atoms with Crippen LogP contribution >= 0.6 is 0 Å². The molecule has 0 aliphatic heterocycles. The third kappa shape index (κ3) is 2.60. The average molecular weight is 194 g/mol. The van der Waals surface area contributed by atoms with Crippen molar-refractivity contribution >= 4 is 0 Å². The molecule has 0 aliphatic rings. The van der Waals surface area contributed by atoms with E-state index >= 15 is 0 Å². The van der Waals surface area contributed by atoms with Gasteiger partial charge in [-0.2, -0.15) is 5.10 Å². The largest absolute Gasteiger partial charge is 0.272 e. The maximum Gasteiger partial charge on any atom is 0.0628 e. The summed E-state index contributed by atoms with van der Waals surface area (Å²) in [6.07, 6.45) is 6.53. The molecule has 0 spiro atoms. The van der Waals surface area contributed by atoms with Crippen LogP contribution in [0.1, 0.15) is 49.6 Å². The highest BCUT2D eigenvalue weighted by atomic mass is 15.3. The minimum atomic E-state index is 1.20. The first-order chi connectivity index (χ1) is 6.66. The molecule has 0 aliphatic carbocycles. The fraction of sp³-hybridized carbons (Fsp3) is 0.750. The Balaban J connectivity index is 2.49. The van der Waals surface area contributed by atoms with Gasteiger partial charge in [0.25, 0.3) is 0 Å². The zero-order valence-electron chi connectivity index (χ0n) is 9.93. The summed E-state index contributed by atoms with van der Waals surface area (Å²) < 4.78 is 1.99. The van der Waals surface area contributed by atoms with Gasteiger partial charge >= 0.3 is 0 Å². The first kappa shape index (κ1) is 11.3. The molecule has 1 heterocycles. The highest BCUT2D eigenvalue weighted by Gasteiger charge is 2.07. The van der Waals surface area contributed by atoms with Crippen LogP contribution in [-0.2, 0) is 13.5 Å². The Kier molecular flexibility index (Phi) is 4.18. The summed E-state index contributed by atoms with van der Waals surface area (Å²) >= 11 is 0. The lowest BCUT2D eigenvalue weighted by atomic mass is 10.0. The molecule has 1 aromatic heterocycles. The molecule has 0 unspecified atom stereocenters. The Morgan fingerprint density at radius 3 is 2.36 bits per heavy atom. The first-order valence-corrected chi connectivity index (χ1v) is 5.66. The second-order valence-electron chi connectivity index (χ2n) is 4.08. The van der Waals surface area contributed by atoms with Crippen LogP contribution in [0.15, 0.2) is 0 Å². The fourth-order valence-electron chi connectivity index (χ4n) is 1.91. The molecule has 0 saturated heterocycles. The number of hydrogen-bond donors (Lipinski definition) is 0. The predicted molar refractivity (Wildman–Crippen MR) is 60.5 cm³/mol. The van der Waals surface area contributed by atoms with Crippen LogP contribution < -0.4 is 0 Å². The third-order valence-electron chi connectivity index (χ3n) is 2.94. The van der Waals surface area contributed by atoms with E-state index < -0.39 is 0 Å². The van der Waals surface area contributed by atoms with Gasteiger partial charge in [-0.15, -0.1) is 0 Å². The summed E-state index contributed by atoms with van der Waals surface area (Å²) in [7, 11) is 2.03. The Hall–Kier alpha value is -0.790. The van der Waals surface area contributed by atoms with E-state index in [0.717, 1.165) is 0 Å². The van der Waals surface area contributed by atoms with Gasteiger partial charge in [0.2, 0.25) is 0 Å². The molecular formula is C12H22N2. The molecule has 0 N–H and O–H groups in total. The normalized spacial score (nSPS) is 10.9. The molecule has 0 bridgehead atoms. The number of aryl methyl sites for hydroxylation is 2. The summed E-state index contributed by atoms with van der Waals surface area (Å²) in [5.74, 6) is 0. The van der Waals surface area contributed by atoms with E-state index in [1.54, 1.807) is 0 Å². The van der Waals surface area contributed by atoms with Crippen molar-refractivity contribution in [1.82, 2.24) is 9.78 Å². The quantitative estimate of drug-likeness (QED) is 0.658. The molecule has 2 heteroatoms. The number of aromatic nitrogens is 2. The monoisotopic (exact) mass is 194 g/mol. The number of nitrogens with zero attached hydrogens (tertiary/aromatic N) is 2. The van der Waals surface area contributed by atoms with Crippen molar-refractivity contribution in [2.24, 2.45) is 7.05 Å². The van der Waals surface area contributed by atoms with E-state index in [1.165, 1.54) is 49.1 Å². The summed E-state index contributed by atoms with van der Waals surface area (Å²) in [5, 5.41) is 4.43. The fourth-order valence-corrected chi connectivity index (χ4v) is 1.91. The van der Waals surface area contributed by atoms with Gasteiger partial charge in [0.1, 0.15) is 0 Å². The minimum Gasteiger partial charge on any atom is -0.272 e. The Labute approximate surface area is 87.3 Å². The standard InChI is InChI=1S/C12H22N2/c1-5-6-7-8-9-12-10(2)13-14(4)11(12)3/h5-9H2,1-4H3. The molecule has 14 heavy (non-hydrogen) atoms. The van der Waals surface area contributed by atoms with Crippen LogP contribution in [-0.4, -0.2) is 9.78 Å². The van der Waals surface area contributed by atoms with Crippen molar-refractivity contribution in [2.75, 3.05) is 0 Å². The molecule has 1 aromatic rings. The molecule has 0 saturated carbocycles. The van der Waals surface area contributed by atoms with Crippen molar-refractivity contribution in [3.05, 3.63) is 17.0 Å². The SMILES string of the molecule is CCCCCCc1c(C)nn(C)c1C. The topological polar surface area (TPSA) is 17.8 Å². The lowest BCUT2D eigenvalue weighted by molar-refractivity contribution is 0.663.